The predicted octanol–water partition coefficient (Wildman–Crippen LogP) is 3.67. The standard InChI is InChI=1S/C16H15N3OS/c1-11-4-2-3-5-13(11)10-20-14-8-6-12(7-9-14)15-18-19-16(17)21-15/h2-9H,10H2,1H3,(H2,17,19). The highest BCUT2D eigenvalue weighted by Crippen LogP contribution is 2.26. The zero-order valence-corrected chi connectivity index (χ0v) is 12.4. The Hall–Kier alpha value is -2.40. The molecule has 0 aliphatic heterocycles. The summed E-state index contributed by atoms with van der Waals surface area (Å²) in [6, 6.07) is 16.0. The molecule has 106 valence electrons. The van der Waals surface area contributed by atoms with Crippen molar-refractivity contribution < 1.29 is 4.74 Å². The molecular formula is C16H15N3OS. The Balaban J connectivity index is 1.69. The van der Waals surface area contributed by atoms with Gasteiger partial charge >= 0.3 is 0 Å². The van der Waals surface area contributed by atoms with Crippen molar-refractivity contribution in [3.8, 4) is 16.3 Å². The number of aromatic nitrogens is 2. The van der Waals surface area contributed by atoms with Gasteiger partial charge in [0.25, 0.3) is 0 Å². The van der Waals surface area contributed by atoms with Crippen LogP contribution in [-0.2, 0) is 6.61 Å². The van der Waals surface area contributed by atoms with Gasteiger partial charge in [-0.15, -0.1) is 10.2 Å². The lowest BCUT2D eigenvalue weighted by atomic mass is 10.1. The largest absolute Gasteiger partial charge is 0.489 e. The van der Waals surface area contributed by atoms with Crippen LogP contribution in [0.15, 0.2) is 48.5 Å². The normalized spacial score (nSPS) is 10.5. The minimum absolute atomic E-state index is 0.477. The Morgan fingerprint density at radius 3 is 2.48 bits per heavy atom. The van der Waals surface area contributed by atoms with Crippen LogP contribution in [0.25, 0.3) is 10.6 Å². The highest BCUT2D eigenvalue weighted by molar-refractivity contribution is 7.18. The molecule has 0 radical (unpaired) electrons. The maximum absolute atomic E-state index is 5.81. The van der Waals surface area contributed by atoms with E-state index in [1.54, 1.807) is 0 Å². The van der Waals surface area contributed by atoms with Gasteiger partial charge in [-0.25, -0.2) is 0 Å². The van der Waals surface area contributed by atoms with E-state index < -0.39 is 0 Å². The first-order chi connectivity index (χ1) is 10.2. The van der Waals surface area contributed by atoms with Gasteiger partial charge in [-0.05, 0) is 42.3 Å². The molecule has 4 nitrogen and oxygen atoms in total. The third kappa shape index (κ3) is 3.20. The summed E-state index contributed by atoms with van der Waals surface area (Å²) in [5.41, 5.74) is 9.01. The summed E-state index contributed by atoms with van der Waals surface area (Å²) in [6.45, 7) is 2.65. The van der Waals surface area contributed by atoms with Crippen LogP contribution in [0.5, 0.6) is 5.75 Å². The van der Waals surface area contributed by atoms with Gasteiger partial charge < -0.3 is 10.5 Å². The molecule has 0 amide bonds. The minimum Gasteiger partial charge on any atom is -0.489 e. The maximum Gasteiger partial charge on any atom is 0.203 e. The molecule has 0 saturated heterocycles. The van der Waals surface area contributed by atoms with E-state index in [2.05, 4.69) is 29.3 Å². The second-order valence-electron chi connectivity index (χ2n) is 4.68. The number of rotatable bonds is 4. The summed E-state index contributed by atoms with van der Waals surface area (Å²) in [5, 5.41) is 9.13. The molecule has 21 heavy (non-hydrogen) atoms. The molecule has 0 spiro atoms. The van der Waals surface area contributed by atoms with E-state index in [-0.39, 0.29) is 0 Å². The van der Waals surface area contributed by atoms with Crippen LogP contribution in [0.2, 0.25) is 0 Å². The molecular weight excluding hydrogens is 282 g/mol. The van der Waals surface area contributed by atoms with Crippen LogP contribution in [0.4, 0.5) is 5.13 Å². The third-order valence-electron chi connectivity index (χ3n) is 3.20. The molecule has 0 atom stereocenters. The van der Waals surface area contributed by atoms with Crippen molar-refractivity contribution >= 4 is 16.5 Å². The fourth-order valence-corrected chi connectivity index (χ4v) is 2.59. The van der Waals surface area contributed by atoms with Crippen molar-refractivity contribution in [2.24, 2.45) is 0 Å². The summed E-state index contributed by atoms with van der Waals surface area (Å²) in [4.78, 5) is 0. The topological polar surface area (TPSA) is 61.0 Å². The van der Waals surface area contributed by atoms with Crippen LogP contribution in [0.1, 0.15) is 11.1 Å². The van der Waals surface area contributed by atoms with Crippen molar-refractivity contribution in [3.05, 3.63) is 59.7 Å². The minimum atomic E-state index is 0.477. The number of ether oxygens (including phenoxy) is 1. The van der Waals surface area contributed by atoms with Gasteiger partial charge in [0.15, 0.2) is 0 Å². The molecule has 0 aliphatic rings. The molecule has 2 aromatic carbocycles. The molecule has 1 heterocycles. The smallest absolute Gasteiger partial charge is 0.203 e. The second kappa shape index (κ2) is 5.93. The Bertz CT molecular complexity index is 737. The summed E-state index contributed by atoms with van der Waals surface area (Å²) in [6.07, 6.45) is 0. The van der Waals surface area contributed by atoms with Crippen LogP contribution in [0.3, 0.4) is 0 Å². The van der Waals surface area contributed by atoms with E-state index >= 15 is 0 Å². The van der Waals surface area contributed by atoms with Gasteiger partial charge in [0.05, 0.1) is 0 Å². The van der Waals surface area contributed by atoms with E-state index in [1.807, 2.05) is 36.4 Å². The Labute approximate surface area is 127 Å². The first kappa shape index (κ1) is 13.6. The highest BCUT2D eigenvalue weighted by Gasteiger charge is 2.05. The molecule has 1 aromatic heterocycles. The average molecular weight is 297 g/mol. The molecule has 5 heteroatoms. The number of anilines is 1. The highest BCUT2D eigenvalue weighted by atomic mass is 32.1. The fourth-order valence-electron chi connectivity index (χ4n) is 1.98. The van der Waals surface area contributed by atoms with Gasteiger partial charge in [0.2, 0.25) is 5.13 Å². The van der Waals surface area contributed by atoms with Crippen molar-refractivity contribution in [2.75, 3.05) is 5.73 Å². The number of benzene rings is 2. The molecule has 0 bridgehead atoms. The fraction of sp³-hybridized carbons (Fsp3) is 0.125. The monoisotopic (exact) mass is 297 g/mol. The molecule has 2 N–H and O–H groups in total. The number of aryl methyl sites for hydroxylation is 1. The first-order valence-corrected chi connectivity index (χ1v) is 7.41. The summed E-state index contributed by atoms with van der Waals surface area (Å²) in [5.74, 6) is 0.833. The zero-order valence-electron chi connectivity index (χ0n) is 11.6. The van der Waals surface area contributed by atoms with Gasteiger partial charge in [-0.2, -0.15) is 0 Å². The molecule has 0 aliphatic carbocycles. The van der Waals surface area contributed by atoms with Gasteiger partial charge in [0, 0.05) is 5.56 Å². The number of nitrogens with zero attached hydrogens (tertiary/aromatic N) is 2. The molecule has 0 saturated carbocycles. The number of nitrogens with two attached hydrogens (primary N) is 1. The van der Waals surface area contributed by atoms with E-state index in [1.165, 1.54) is 22.5 Å². The maximum atomic E-state index is 5.81. The first-order valence-electron chi connectivity index (χ1n) is 6.59. The zero-order chi connectivity index (χ0) is 14.7. The van der Waals surface area contributed by atoms with Gasteiger partial charge in [0.1, 0.15) is 17.4 Å². The van der Waals surface area contributed by atoms with E-state index in [9.17, 15) is 0 Å². The Kier molecular flexibility index (Phi) is 3.83. The predicted molar refractivity (Wildman–Crippen MR) is 85.3 cm³/mol. The summed E-state index contributed by atoms with van der Waals surface area (Å²) >= 11 is 1.37. The van der Waals surface area contributed by atoms with Crippen molar-refractivity contribution in [1.82, 2.24) is 10.2 Å². The van der Waals surface area contributed by atoms with Crippen molar-refractivity contribution in [3.63, 3.8) is 0 Å². The van der Waals surface area contributed by atoms with E-state index in [4.69, 9.17) is 10.5 Å². The lowest BCUT2D eigenvalue weighted by molar-refractivity contribution is 0.305. The van der Waals surface area contributed by atoms with Crippen LogP contribution in [-0.4, -0.2) is 10.2 Å². The second-order valence-corrected chi connectivity index (χ2v) is 5.69. The lowest BCUT2D eigenvalue weighted by Gasteiger charge is -2.08. The van der Waals surface area contributed by atoms with Crippen molar-refractivity contribution in [1.29, 1.82) is 0 Å². The summed E-state index contributed by atoms with van der Waals surface area (Å²) in [7, 11) is 0. The van der Waals surface area contributed by atoms with Crippen LogP contribution >= 0.6 is 11.3 Å². The van der Waals surface area contributed by atoms with Gasteiger partial charge in [-0.1, -0.05) is 35.6 Å². The molecule has 0 unspecified atom stereocenters. The average Bonchev–Trinajstić information content (AvgIpc) is 2.94. The van der Waals surface area contributed by atoms with Crippen molar-refractivity contribution in [2.45, 2.75) is 13.5 Å². The summed E-state index contributed by atoms with van der Waals surface area (Å²) < 4.78 is 5.81. The Morgan fingerprint density at radius 2 is 1.81 bits per heavy atom. The number of hydrogen-bond acceptors (Lipinski definition) is 5. The molecule has 3 aromatic rings. The number of hydrogen-bond donors (Lipinski definition) is 1. The van der Waals surface area contributed by atoms with Crippen LogP contribution in [0, 0.1) is 6.92 Å². The molecule has 3 rings (SSSR count). The SMILES string of the molecule is Cc1ccccc1COc1ccc(-c2nnc(N)s2)cc1. The Morgan fingerprint density at radius 1 is 1.05 bits per heavy atom. The quantitative estimate of drug-likeness (QED) is 0.798. The number of nitrogen functional groups attached to an aromatic ring is 1. The van der Waals surface area contributed by atoms with E-state index in [0.717, 1.165) is 16.3 Å². The van der Waals surface area contributed by atoms with E-state index in [0.29, 0.717) is 11.7 Å². The molecule has 0 fully saturated rings. The van der Waals surface area contributed by atoms with Crippen LogP contribution < -0.4 is 10.5 Å². The third-order valence-corrected chi connectivity index (χ3v) is 4.00. The lowest BCUT2D eigenvalue weighted by Crippen LogP contribution is -1.97. The van der Waals surface area contributed by atoms with Gasteiger partial charge in [-0.3, -0.25) is 0 Å².